The molecule has 0 fully saturated rings. The quantitative estimate of drug-likeness (QED) is 0.475. The maximum absolute atomic E-state index is 12.2. The third-order valence-electron chi connectivity index (χ3n) is 4.33. The molecule has 3 aromatic rings. The maximum atomic E-state index is 12.2. The van der Waals surface area contributed by atoms with Gasteiger partial charge in [0.25, 0.3) is 0 Å². The van der Waals surface area contributed by atoms with Gasteiger partial charge in [0.15, 0.2) is 6.29 Å². The van der Waals surface area contributed by atoms with Crippen molar-refractivity contribution in [3.8, 4) is 5.75 Å². The molecule has 5 nitrogen and oxygen atoms in total. The number of hydrogen-bond donors (Lipinski definition) is 0. The summed E-state index contributed by atoms with van der Waals surface area (Å²) in [5.41, 5.74) is 1.50. The summed E-state index contributed by atoms with van der Waals surface area (Å²) in [6, 6.07) is 15.2. The molecule has 0 atom stereocenters. The maximum Gasteiger partial charge on any atom is 0.349 e. The van der Waals surface area contributed by atoms with Gasteiger partial charge in [0.1, 0.15) is 23.5 Å². The Balaban J connectivity index is 2.02. The lowest BCUT2D eigenvalue weighted by molar-refractivity contribution is 0.112. The van der Waals surface area contributed by atoms with Crippen LogP contribution in [0.3, 0.4) is 0 Å². The van der Waals surface area contributed by atoms with Crippen LogP contribution in [0.15, 0.2) is 57.7 Å². The van der Waals surface area contributed by atoms with Gasteiger partial charge in [-0.2, -0.15) is 0 Å². The highest BCUT2D eigenvalue weighted by molar-refractivity contribution is 5.99. The van der Waals surface area contributed by atoms with E-state index in [4.69, 9.17) is 9.15 Å². The van der Waals surface area contributed by atoms with Gasteiger partial charge in [-0.3, -0.25) is 4.79 Å². The van der Waals surface area contributed by atoms with Gasteiger partial charge in [-0.05, 0) is 31.5 Å². The second-order valence-electron chi connectivity index (χ2n) is 5.87. The van der Waals surface area contributed by atoms with Gasteiger partial charge in [0.2, 0.25) is 0 Å². The summed E-state index contributed by atoms with van der Waals surface area (Å²) in [7, 11) is 0. The van der Waals surface area contributed by atoms with Crippen molar-refractivity contribution < 1.29 is 13.9 Å². The average molecular weight is 351 g/mol. The summed E-state index contributed by atoms with van der Waals surface area (Å²) in [5, 5.41) is 0.725. The van der Waals surface area contributed by atoms with Crippen molar-refractivity contribution in [3.05, 3.63) is 70.1 Å². The molecule has 0 saturated heterocycles. The standard InChI is InChI=1S/C21H21NO4/c1-3-22(4-2)20-17-11-10-16(25-14-15-8-6-5-7-9-15)12-19(17)26-21(24)18(20)13-23/h5-13H,3-4,14H2,1-2H3. The van der Waals surface area contributed by atoms with Crippen LogP contribution in [-0.2, 0) is 6.61 Å². The number of anilines is 1. The molecule has 0 N–H and O–H groups in total. The topological polar surface area (TPSA) is 59.8 Å². The molecule has 1 heterocycles. The highest BCUT2D eigenvalue weighted by Gasteiger charge is 2.18. The highest BCUT2D eigenvalue weighted by atomic mass is 16.5. The van der Waals surface area contributed by atoms with Crippen LogP contribution in [-0.4, -0.2) is 19.4 Å². The molecule has 5 heteroatoms. The minimum atomic E-state index is -0.630. The van der Waals surface area contributed by atoms with Crippen molar-refractivity contribution in [2.24, 2.45) is 0 Å². The van der Waals surface area contributed by atoms with E-state index in [0.29, 0.717) is 43.0 Å². The fourth-order valence-electron chi connectivity index (χ4n) is 2.99. The lowest BCUT2D eigenvalue weighted by Gasteiger charge is -2.23. The Labute approximate surface area is 151 Å². The van der Waals surface area contributed by atoms with Crippen LogP contribution in [0.25, 0.3) is 11.0 Å². The van der Waals surface area contributed by atoms with Crippen LogP contribution >= 0.6 is 0 Å². The minimum absolute atomic E-state index is 0.0548. The van der Waals surface area contributed by atoms with Gasteiger partial charge in [0.05, 0.1) is 5.69 Å². The summed E-state index contributed by atoms with van der Waals surface area (Å²) >= 11 is 0. The number of fused-ring (bicyclic) bond motifs is 1. The lowest BCUT2D eigenvalue weighted by Crippen LogP contribution is -2.26. The van der Waals surface area contributed by atoms with E-state index in [0.717, 1.165) is 10.9 Å². The van der Waals surface area contributed by atoms with E-state index in [9.17, 15) is 9.59 Å². The Bertz CT molecular complexity index is 959. The van der Waals surface area contributed by atoms with E-state index in [1.807, 2.05) is 61.2 Å². The number of ether oxygens (including phenoxy) is 1. The first-order valence-electron chi connectivity index (χ1n) is 8.65. The van der Waals surface area contributed by atoms with Gasteiger partial charge in [0, 0.05) is 24.5 Å². The second kappa shape index (κ2) is 7.87. The van der Waals surface area contributed by atoms with E-state index in [-0.39, 0.29) is 5.56 Å². The minimum Gasteiger partial charge on any atom is -0.489 e. The monoisotopic (exact) mass is 351 g/mol. The van der Waals surface area contributed by atoms with Crippen molar-refractivity contribution in [2.45, 2.75) is 20.5 Å². The summed E-state index contributed by atoms with van der Waals surface area (Å²) < 4.78 is 11.2. The van der Waals surface area contributed by atoms with Crippen molar-refractivity contribution in [1.82, 2.24) is 0 Å². The van der Waals surface area contributed by atoms with Crippen LogP contribution in [0.1, 0.15) is 29.8 Å². The van der Waals surface area contributed by atoms with Crippen molar-refractivity contribution in [3.63, 3.8) is 0 Å². The summed E-state index contributed by atoms with van der Waals surface area (Å²) in [6.07, 6.45) is 0.568. The number of rotatable bonds is 7. The second-order valence-corrected chi connectivity index (χ2v) is 5.87. The van der Waals surface area contributed by atoms with Gasteiger partial charge >= 0.3 is 5.63 Å². The zero-order valence-electron chi connectivity index (χ0n) is 14.9. The van der Waals surface area contributed by atoms with Gasteiger partial charge in [-0.1, -0.05) is 30.3 Å². The molecule has 134 valence electrons. The number of aldehydes is 1. The van der Waals surface area contributed by atoms with Crippen molar-refractivity contribution in [2.75, 3.05) is 18.0 Å². The van der Waals surface area contributed by atoms with Gasteiger partial charge < -0.3 is 14.1 Å². The van der Waals surface area contributed by atoms with Crippen molar-refractivity contribution >= 4 is 22.9 Å². The molecule has 0 spiro atoms. The van der Waals surface area contributed by atoms with Crippen LogP contribution in [0, 0.1) is 0 Å². The molecular formula is C21H21NO4. The molecule has 2 aromatic carbocycles. The highest BCUT2D eigenvalue weighted by Crippen LogP contribution is 2.31. The molecule has 0 unspecified atom stereocenters. The first kappa shape index (κ1) is 17.7. The average Bonchev–Trinajstić information content (AvgIpc) is 2.67. The van der Waals surface area contributed by atoms with Gasteiger partial charge in [-0.15, -0.1) is 0 Å². The summed E-state index contributed by atoms with van der Waals surface area (Å²) in [5.74, 6) is 0.605. The SMILES string of the molecule is CCN(CC)c1c(C=O)c(=O)oc2cc(OCc3ccccc3)ccc12. The zero-order valence-corrected chi connectivity index (χ0v) is 14.9. The first-order chi connectivity index (χ1) is 12.7. The molecule has 26 heavy (non-hydrogen) atoms. The summed E-state index contributed by atoms with van der Waals surface area (Å²) in [6.45, 7) is 5.75. The third-order valence-corrected chi connectivity index (χ3v) is 4.33. The molecule has 0 bridgehead atoms. The Morgan fingerprint density at radius 1 is 1.08 bits per heavy atom. The number of benzene rings is 2. The van der Waals surface area contributed by atoms with Crippen LogP contribution in [0.5, 0.6) is 5.75 Å². The predicted molar refractivity (Wildman–Crippen MR) is 102 cm³/mol. The Kier molecular flexibility index (Phi) is 5.37. The fraction of sp³-hybridized carbons (Fsp3) is 0.238. The molecule has 0 aliphatic heterocycles. The fourth-order valence-corrected chi connectivity index (χ4v) is 2.99. The Hall–Kier alpha value is -3.08. The van der Waals surface area contributed by atoms with E-state index in [1.54, 1.807) is 6.07 Å². The normalized spacial score (nSPS) is 10.7. The number of hydrogen-bond acceptors (Lipinski definition) is 5. The van der Waals surface area contributed by atoms with E-state index < -0.39 is 5.63 Å². The largest absolute Gasteiger partial charge is 0.489 e. The zero-order chi connectivity index (χ0) is 18.5. The van der Waals surface area contributed by atoms with E-state index in [2.05, 4.69) is 0 Å². The van der Waals surface area contributed by atoms with E-state index >= 15 is 0 Å². The molecule has 0 aliphatic rings. The Morgan fingerprint density at radius 2 is 1.81 bits per heavy atom. The van der Waals surface area contributed by atoms with E-state index in [1.165, 1.54) is 0 Å². The van der Waals surface area contributed by atoms with Crippen LogP contribution in [0.4, 0.5) is 5.69 Å². The molecule has 0 saturated carbocycles. The molecule has 3 rings (SSSR count). The molecule has 0 aliphatic carbocycles. The predicted octanol–water partition coefficient (Wildman–Crippen LogP) is 4.03. The first-order valence-corrected chi connectivity index (χ1v) is 8.65. The molecule has 0 amide bonds. The van der Waals surface area contributed by atoms with Crippen LogP contribution in [0.2, 0.25) is 0 Å². The number of carbonyl (C=O) groups is 1. The lowest BCUT2D eigenvalue weighted by atomic mass is 10.1. The molecule has 0 radical (unpaired) electrons. The molecule has 1 aromatic heterocycles. The van der Waals surface area contributed by atoms with Crippen molar-refractivity contribution in [1.29, 1.82) is 0 Å². The Morgan fingerprint density at radius 3 is 2.46 bits per heavy atom. The summed E-state index contributed by atoms with van der Waals surface area (Å²) in [4.78, 5) is 25.7. The smallest absolute Gasteiger partial charge is 0.349 e. The van der Waals surface area contributed by atoms with Gasteiger partial charge in [-0.25, -0.2) is 4.79 Å². The van der Waals surface area contributed by atoms with Crippen LogP contribution < -0.4 is 15.3 Å². The third kappa shape index (κ3) is 3.47. The number of carbonyl (C=O) groups excluding carboxylic acids is 1. The molecular weight excluding hydrogens is 330 g/mol. The number of nitrogens with zero attached hydrogens (tertiary/aromatic N) is 1.